The second-order valence-corrected chi connectivity index (χ2v) is 6.30. The van der Waals surface area contributed by atoms with Gasteiger partial charge in [0.25, 0.3) is 0 Å². The molecular formula is C17H26N4. The van der Waals surface area contributed by atoms with Crippen molar-refractivity contribution in [2.24, 2.45) is 0 Å². The standard InChI is InChI=1S/C17H26N4/c1-13-7-5-9-15-16(13)19-17(18)21(15)12-6-11-20-10-4-3-8-14(20)2/h5,7,9,14H,3-4,6,8,10-12H2,1-2H3,(H2,18,19). The van der Waals surface area contributed by atoms with Gasteiger partial charge in [0.2, 0.25) is 5.95 Å². The summed E-state index contributed by atoms with van der Waals surface area (Å²) >= 11 is 0. The molecule has 0 amide bonds. The molecule has 0 saturated carbocycles. The number of likely N-dealkylation sites (tertiary alicyclic amines) is 1. The molecule has 3 rings (SSSR count). The quantitative estimate of drug-likeness (QED) is 0.939. The Bertz CT molecular complexity index is 617. The lowest BCUT2D eigenvalue weighted by molar-refractivity contribution is 0.157. The van der Waals surface area contributed by atoms with Crippen molar-refractivity contribution >= 4 is 17.0 Å². The van der Waals surface area contributed by atoms with E-state index >= 15 is 0 Å². The molecule has 1 saturated heterocycles. The molecule has 2 heterocycles. The van der Waals surface area contributed by atoms with Crippen molar-refractivity contribution in [3.05, 3.63) is 23.8 Å². The van der Waals surface area contributed by atoms with Gasteiger partial charge in [0.05, 0.1) is 11.0 Å². The number of nitrogens with zero attached hydrogens (tertiary/aromatic N) is 3. The third-order valence-electron chi connectivity index (χ3n) is 4.78. The van der Waals surface area contributed by atoms with Gasteiger partial charge in [0.1, 0.15) is 0 Å². The highest BCUT2D eigenvalue weighted by Crippen LogP contribution is 2.22. The van der Waals surface area contributed by atoms with Gasteiger partial charge in [-0.2, -0.15) is 0 Å². The molecule has 0 spiro atoms. The predicted molar refractivity (Wildman–Crippen MR) is 88.4 cm³/mol. The molecular weight excluding hydrogens is 260 g/mol. The summed E-state index contributed by atoms with van der Waals surface area (Å²) in [5.74, 6) is 0.644. The Balaban J connectivity index is 1.68. The lowest BCUT2D eigenvalue weighted by Crippen LogP contribution is -2.38. The van der Waals surface area contributed by atoms with Crippen LogP contribution in [-0.2, 0) is 6.54 Å². The number of aryl methyl sites for hydroxylation is 2. The Morgan fingerprint density at radius 2 is 2.14 bits per heavy atom. The van der Waals surface area contributed by atoms with Crippen molar-refractivity contribution in [3.63, 3.8) is 0 Å². The van der Waals surface area contributed by atoms with Crippen molar-refractivity contribution in [1.29, 1.82) is 0 Å². The van der Waals surface area contributed by atoms with Crippen LogP contribution in [0.25, 0.3) is 11.0 Å². The molecule has 1 aromatic carbocycles. The third kappa shape index (κ3) is 2.91. The lowest BCUT2D eigenvalue weighted by atomic mass is 10.0. The lowest BCUT2D eigenvalue weighted by Gasteiger charge is -2.33. The van der Waals surface area contributed by atoms with Crippen LogP contribution >= 0.6 is 0 Å². The van der Waals surface area contributed by atoms with Gasteiger partial charge < -0.3 is 15.2 Å². The molecule has 2 N–H and O–H groups in total. The highest BCUT2D eigenvalue weighted by atomic mass is 15.2. The van der Waals surface area contributed by atoms with Crippen molar-refractivity contribution in [1.82, 2.24) is 14.5 Å². The number of rotatable bonds is 4. The largest absolute Gasteiger partial charge is 0.369 e. The SMILES string of the molecule is Cc1cccc2c1nc(N)n2CCCN1CCCCC1C. The normalized spacial score (nSPS) is 20.2. The van der Waals surface area contributed by atoms with Gasteiger partial charge >= 0.3 is 0 Å². The molecule has 0 aliphatic carbocycles. The number of nitrogens with two attached hydrogens (primary N) is 1. The fourth-order valence-electron chi connectivity index (χ4n) is 3.46. The highest BCUT2D eigenvalue weighted by molar-refractivity contribution is 5.81. The first-order valence-electron chi connectivity index (χ1n) is 8.12. The van der Waals surface area contributed by atoms with Gasteiger partial charge in [-0.25, -0.2) is 4.98 Å². The third-order valence-corrected chi connectivity index (χ3v) is 4.78. The number of hydrogen-bond acceptors (Lipinski definition) is 3. The Kier molecular flexibility index (Phi) is 4.15. The second kappa shape index (κ2) is 6.06. The summed E-state index contributed by atoms with van der Waals surface area (Å²) in [6.45, 7) is 7.81. The van der Waals surface area contributed by atoms with Crippen LogP contribution in [0.4, 0.5) is 5.95 Å². The number of aromatic nitrogens is 2. The van der Waals surface area contributed by atoms with E-state index in [1.54, 1.807) is 0 Å². The smallest absolute Gasteiger partial charge is 0.201 e. The van der Waals surface area contributed by atoms with E-state index in [1.807, 2.05) is 0 Å². The van der Waals surface area contributed by atoms with Gasteiger partial charge in [-0.05, 0) is 51.3 Å². The topological polar surface area (TPSA) is 47.1 Å². The number of imidazole rings is 1. The maximum absolute atomic E-state index is 6.11. The van der Waals surface area contributed by atoms with E-state index in [1.165, 1.54) is 36.9 Å². The molecule has 1 unspecified atom stereocenters. The van der Waals surface area contributed by atoms with E-state index in [4.69, 9.17) is 5.73 Å². The van der Waals surface area contributed by atoms with E-state index < -0.39 is 0 Å². The number of piperidine rings is 1. The zero-order valence-corrected chi connectivity index (χ0v) is 13.2. The second-order valence-electron chi connectivity index (χ2n) is 6.30. The van der Waals surface area contributed by atoms with Crippen LogP contribution in [0.1, 0.15) is 38.2 Å². The summed E-state index contributed by atoms with van der Waals surface area (Å²) < 4.78 is 2.16. The van der Waals surface area contributed by atoms with Crippen molar-refractivity contribution in [3.8, 4) is 0 Å². The molecule has 21 heavy (non-hydrogen) atoms. The molecule has 0 bridgehead atoms. The number of hydrogen-bond donors (Lipinski definition) is 1. The van der Waals surface area contributed by atoms with Crippen LogP contribution in [-0.4, -0.2) is 33.6 Å². The minimum absolute atomic E-state index is 0.644. The first-order chi connectivity index (χ1) is 10.2. The van der Waals surface area contributed by atoms with Gasteiger partial charge in [0.15, 0.2) is 0 Å². The van der Waals surface area contributed by atoms with Gasteiger partial charge in [-0.15, -0.1) is 0 Å². The molecule has 1 aliphatic heterocycles. The van der Waals surface area contributed by atoms with E-state index in [-0.39, 0.29) is 0 Å². The van der Waals surface area contributed by atoms with Crippen molar-refractivity contribution in [2.45, 2.75) is 52.1 Å². The summed E-state index contributed by atoms with van der Waals surface area (Å²) in [6.07, 6.45) is 5.21. The summed E-state index contributed by atoms with van der Waals surface area (Å²) in [6, 6.07) is 7.03. The van der Waals surface area contributed by atoms with Crippen molar-refractivity contribution < 1.29 is 0 Å². The molecule has 4 nitrogen and oxygen atoms in total. The summed E-state index contributed by atoms with van der Waals surface area (Å²) in [7, 11) is 0. The molecule has 1 fully saturated rings. The number of fused-ring (bicyclic) bond motifs is 1. The molecule has 2 aromatic rings. The zero-order valence-electron chi connectivity index (χ0n) is 13.2. The molecule has 4 heteroatoms. The van der Waals surface area contributed by atoms with Gasteiger partial charge in [0, 0.05) is 19.1 Å². The fraction of sp³-hybridized carbons (Fsp3) is 0.588. The van der Waals surface area contributed by atoms with Crippen LogP contribution in [0.3, 0.4) is 0 Å². The summed E-state index contributed by atoms with van der Waals surface area (Å²) in [4.78, 5) is 7.14. The minimum atomic E-state index is 0.644. The van der Waals surface area contributed by atoms with Crippen LogP contribution < -0.4 is 5.73 Å². The molecule has 1 aromatic heterocycles. The number of anilines is 1. The van der Waals surface area contributed by atoms with E-state index in [9.17, 15) is 0 Å². The predicted octanol–water partition coefficient (Wildman–Crippen LogP) is 3.19. The molecule has 114 valence electrons. The Morgan fingerprint density at radius 1 is 1.29 bits per heavy atom. The Hall–Kier alpha value is -1.55. The zero-order chi connectivity index (χ0) is 14.8. The van der Waals surface area contributed by atoms with E-state index in [2.05, 4.69) is 46.5 Å². The summed E-state index contributed by atoms with van der Waals surface area (Å²) in [5, 5.41) is 0. The number of para-hydroxylation sites is 1. The Labute approximate surface area is 126 Å². The molecule has 1 atom stereocenters. The minimum Gasteiger partial charge on any atom is -0.369 e. The Morgan fingerprint density at radius 3 is 2.95 bits per heavy atom. The molecule has 1 aliphatic rings. The highest BCUT2D eigenvalue weighted by Gasteiger charge is 2.17. The first kappa shape index (κ1) is 14.4. The van der Waals surface area contributed by atoms with Crippen LogP contribution in [0.15, 0.2) is 18.2 Å². The first-order valence-corrected chi connectivity index (χ1v) is 8.12. The fourth-order valence-corrected chi connectivity index (χ4v) is 3.46. The number of benzene rings is 1. The monoisotopic (exact) mass is 286 g/mol. The van der Waals surface area contributed by atoms with E-state index in [0.717, 1.165) is 31.1 Å². The summed E-state index contributed by atoms with van der Waals surface area (Å²) in [5.41, 5.74) is 9.51. The van der Waals surface area contributed by atoms with Crippen LogP contribution in [0.2, 0.25) is 0 Å². The average molecular weight is 286 g/mol. The maximum atomic E-state index is 6.11. The van der Waals surface area contributed by atoms with Gasteiger partial charge in [-0.3, -0.25) is 0 Å². The maximum Gasteiger partial charge on any atom is 0.201 e. The van der Waals surface area contributed by atoms with Crippen molar-refractivity contribution in [2.75, 3.05) is 18.8 Å². The van der Waals surface area contributed by atoms with E-state index in [0.29, 0.717) is 5.95 Å². The number of nitrogen functional groups attached to an aromatic ring is 1. The van der Waals surface area contributed by atoms with Crippen LogP contribution in [0, 0.1) is 6.92 Å². The van der Waals surface area contributed by atoms with Gasteiger partial charge in [-0.1, -0.05) is 18.6 Å². The van der Waals surface area contributed by atoms with Crippen LogP contribution in [0.5, 0.6) is 0 Å². The molecule has 0 radical (unpaired) electrons. The average Bonchev–Trinajstić information content (AvgIpc) is 2.79.